The standard InChI is InChI=1S/C16H16N4O2S/c1-11-9-15(21)20-16(17-11)23-14(18-20)10-19-7-4-8-22-13-6-3-2-5-12(13)19/h2-3,5-6,9H,4,7-8,10H2,1H3. The van der Waals surface area contributed by atoms with Gasteiger partial charge in [0.15, 0.2) is 0 Å². The summed E-state index contributed by atoms with van der Waals surface area (Å²) >= 11 is 1.46. The fourth-order valence-electron chi connectivity index (χ4n) is 2.75. The molecule has 118 valence electrons. The molecule has 7 heteroatoms. The van der Waals surface area contributed by atoms with Gasteiger partial charge in [-0.3, -0.25) is 4.79 Å². The van der Waals surface area contributed by atoms with Crippen molar-refractivity contribution in [3.05, 3.63) is 51.4 Å². The van der Waals surface area contributed by atoms with Crippen LogP contribution in [0.15, 0.2) is 35.1 Å². The lowest BCUT2D eigenvalue weighted by Gasteiger charge is -2.22. The average Bonchev–Trinajstić information content (AvgIpc) is 2.82. The summed E-state index contributed by atoms with van der Waals surface area (Å²) in [4.78, 5) is 19.3. The van der Waals surface area contributed by atoms with E-state index in [4.69, 9.17) is 4.74 Å². The number of rotatable bonds is 2. The third-order valence-corrected chi connectivity index (χ3v) is 4.67. The quantitative estimate of drug-likeness (QED) is 0.722. The Morgan fingerprint density at radius 2 is 2.22 bits per heavy atom. The summed E-state index contributed by atoms with van der Waals surface area (Å²) in [7, 11) is 0. The van der Waals surface area contributed by atoms with Crippen molar-refractivity contribution >= 4 is 22.0 Å². The maximum absolute atomic E-state index is 12.0. The van der Waals surface area contributed by atoms with Crippen molar-refractivity contribution in [1.82, 2.24) is 14.6 Å². The molecule has 0 bridgehead atoms. The van der Waals surface area contributed by atoms with Gasteiger partial charge in [-0.15, -0.1) is 0 Å². The van der Waals surface area contributed by atoms with Gasteiger partial charge in [-0.25, -0.2) is 4.98 Å². The number of hydrogen-bond donors (Lipinski definition) is 0. The van der Waals surface area contributed by atoms with Crippen molar-refractivity contribution in [2.24, 2.45) is 0 Å². The molecule has 1 aliphatic rings. The van der Waals surface area contributed by atoms with Gasteiger partial charge in [0.1, 0.15) is 10.8 Å². The van der Waals surface area contributed by atoms with Crippen molar-refractivity contribution in [2.75, 3.05) is 18.1 Å². The zero-order valence-electron chi connectivity index (χ0n) is 12.7. The van der Waals surface area contributed by atoms with Crippen LogP contribution in [-0.4, -0.2) is 27.7 Å². The second-order valence-electron chi connectivity index (χ2n) is 5.52. The molecule has 0 spiro atoms. The Kier molecular flexibility index (Phi) is 3.49. The van der Waals surface area contributed by atoms with E-state index in [1.165, 1.54) is 21.9 Å². The summed E-state index contributed by atoms with van der Waals surface area (Å²) in [5.41, 5.74) is 1.66. The molecule has 1 aliphatic heterocycles. The summed E-state index contributed by atoms with van der Waals surface area (Å²) in [5, 5.41) is 5.30. The van der Waals surface area contributed by atoms with Crippen LogP contribution in [0.25, 0.3) is 4.96 Å². The molecule has 6 nitrogen and oxygen atoms in total. The largest absolute Gasteiger partial charge is 0.491 e. The highest BCUT2D eigenvalue weighted by molar-refractivity contribution is 7.16. The highest BCUT2D eigenvalue weighted by Crippen LogP contribution is 2.31. The second-order valence-corrected chi connectivity index (χ2v) is 6.56. The van der Waals surface area contributed by atoms with Crippen molar-refractivity contribution in [3.8, 4) is 5.75 Å². The lowest BCUT2D eigenvalue weighted by atomic mass is 10.2. The van der Waals surface area contributed by atoms with E-state index >= 15 is 0 Å². The van der Waals surface area contributed by atoms with Crippen LogP contribution in [0.5, 0.6) is 5.75 Å². The highest BCUT2D eigenvalue weighted by atomic mass is 32.1. The monoisotopic (exact) mass is 328 g/mol. The van der Waals surface area contributed by atoms with Crippen LogP contribution in [-0.2, 0) is 6.54 Å². The number of anilines is 1. The molecule has 3 heterocycles. The van der Waals surface area contributed by atoms with Crippen molar-refractivity contribution in [3.63, 3.8) is 0 Å². The number of hydrogen-bond acceptors (Lipinski definition) is 6. The average molecular weight is 328 g/mol. The number of para-hydroxylation sites is 2. The van der Waals surface area contributed by atoms with Crippen molar-refractivity contribution in [1.29, 1.82) is 0 Å². The van der Waals surface area contributed by atoms with Gasteiger partial charge < -0.3 is 9.64 Å². The molecule has 0 saturated carbocycles. The summed E-state index contributed by atoms with van der Waals surface area (Å²) in [6, 6.07) is 9.54. The van der Waals surface area contributed by atoms with E-state index in [9.17, 15) is 4.79 Å². The van der Waals surface area contributed by atoms with Crippen molar-refractivity contribution in [2.45, 2.75) is 19.9 Å². The van der Waals surface area contributed by atoms with Gasteiger partial charge in [0.05, 0.1) is 18.8 Å². The summed E-state index contributed by atoms with van der Waals surface area (Å²) in [5.74, 6) is 0.900. The molecular weight excluding hydrogens is 312 g/mol. The molecule has 0 radical (unpaired) electrons. The zero-order valence-corrected chi connectivity index (χ0v) is 13.5. The molecule has 0 fully saturated rings. The molecule has 0 atom stereocenters. The summed E-state index contributed by atoms with van der Waals surface area (Å²) in [6.07, 6.45) is 0.955. The first-order valence-corrected chi connectivity index (χ1v) is 8.35. The Bertz CT molecular complexity index is 918. The molecule has 0 N–H and O–H groups in total. The molecule has 23 heavy (non-hydrogen) atoms. The van der Waals surface area contributed by atoms with Gasteiger partial charge in [0, 0.05) is 18.3 Å². The second kappa shape index (κ2) is 5.66. The Balaban J connectivity index is 1.70. The van der Waals surface area contributed by atoms with Gasteiger partial charge in [-0.05, 0) is 25.5 Å². The number of aryl methyl sites for hydroxylation is 1. The maximum Gasteiger partial charge on any atom is 0.275 e. The van der Waals surface area contributed by atoms with E-state index < -0.39 is 0 Å². The third kappa shape index (κ3) is 2.68. The van der Waals surface area contributed by atoms with Crippen LogP contribution in [0, 0.1) is 6.92 Å². The Morgan fingerprint density at radius 1 is 1.35 bits per heavy atom. The van der Waals surface area contributed by atoms with E-state index in [2.05, 4.69) is 21.0 Å². The molecular formula is C16H16N4O2S. The lowest BCUT2D eigenvalue weighted by molar-refractivity contribution is 0.322. The predicted octanol–water partition coefficient (Wildman–Crippen LogP) is 2.25. The SMILES string of the molecule is Cc1cc(=O)n2nc(CN3CCCOc4ccccc43)sc2n1. The molecule has 1 aromatic carbocycles. The Hall–Kier alpha value is -2.41. The van der Waals surface area contributed by atoms with Gasteiger partial charge >= 0.3 is 0 Å². The van der Waals surface area contributed by atoms with Crippen LogP contribution < -0.4 is 15.2 Å². The van der Waals surface area contributed by atoms with Crippen LogP contribution >= 0.6 is 11.3 Å². The minimum atomic E-state index is -0.130. The zero-order chi connectivity index (χ0) is 15.8. The maximum atomic E-state index is 12.0. The number of benzene rings is 1. The van der Waals surface area contributed by atoms with Crippen LogP contribution in [0.1, 0.15) is 17.1 Å². The molecule has 0 aliphatic carbocycles. The molecule has 0 amide bonds. The van der Waals surface area contributed by atoms with E-state index in [1.807, 2.05) is 25.1 Å². The summed E-state index contributed by atoms with van der Waals surface area (Å²) in [6.45, 7) is 4.08. The molecule has 2 aromatic heterocycles. The van der Waals surface area contributed by atoms with E-state index in [0.29, 0.717) is 18.1 Å². The first kappa shape index (κ1) is 14.2. The number of fused-ring (bicyclic) bond motifs is 2. The summed E-state index contributed by atoms with van der Waals surface area (Å²) < 4.78 is 7.17. The first-order valence-electron chi connectivity index (χ1n) is 7.54. The number of nitrogens with zero attached hydrogens (tertiary/aromatic N) is 4. The molecule has 0 unspecified atom stereocenters. The fourth-order valence-corrected chi connectivity index (χ4v) is 3.71. The van der Waals surface area contributed by atoms with Crippen molar-refractivity contribution < 1.29 is 4.74 Å². The minimum absolute atomic E-state index is 0.130. The molecule has 4 rings (SSSR count). The minimum Gasteiger partial charge on any atom is -0.491 e. The van der Waals surface area contributed by atoms with Gasteiger partial charge in [-0.2, -0.15) is 9.61 Å². The predicted molar refractivity (Wildman–Crippen MR) is 89.5 cm³/mol. The third-order valence-electron chi connectivity index (χ3n) is 3.78. The number of ether oxygens (including phenoxy) is 1. The number of aromatic nitrogens is 3. The van der Waals surface area contributed by atoms with E-state index in [0.717, 1.165) is 35.1 Å². The fraction of sp³-hybridized carbons (Fsp3) is 0.312. The normalized spacial score (nSPS) is 14.4. The molecule has 3 aromatic rings. The van der Waals surface area contributed by atoms with E-state index in [1.54, 1.807) is 0 Å². The van der Waals surface area contributed by atoms with Gasteiger partial charge in [-0.1, -0.05) is 23.5 Å². The smallest absolute Gasteiger partial charge is 0.275 e. The van der Waals surface area contributed by atoms with Gasteiger partial charge in [0.25, 0.3) is 5.56 Å². The molecule has 0 saturated heterocycles. The van der Waals surface area contributed by atoms with Gasteiger partial charge in [0.2, 0.25) is 4.96 Å². The first-order chi connectivity index (χ1) is 11.2. The van der Waals surface area contributed by atoms with Crippen LogP contribution in [0.3, 0.4) is 0 Å². The topological polar surface area (TPSA) is 59.7 Å². The highest BCUT2D eigenvalue weighted by Gasteiger charge is 2.18. The van der Waals surface area contributed by atoms with Crippen LogP contribution in [0.2, 0.25) is 0 Å². The van der Waals surface area contributed by atoms with E-state index in [-0.39, 0.29) is 5.56 Å². The Morgan fingerprint density at radius 3 is 3.13 bits per heavy atom. The lowest BCUT2D eigenvalue weighted by Crippen LogP contribution is -2.23. The van der Waals surface area contributed by atoms with Crippen LogP contribution in [0.4, 0.5) is 5.69 Å². The Labute approximate surface area is 137 Å².